The third-order valence-corrected chi connectivity index (χ3v) is 3.33. The summed E-state index contributed by atoms with van der Waals surface area (Å²) in [6, 6.07) is 3.85. The van der Waals surface area contributed by atoms with E-state index in [1.54, 1.807) is 0 Å². The molecule has 0 amide bonds. The van der Waals surface area contributed by atoms with E-state index in [0.717, 1.165) is 32.1 Å². The summed E-state index contributed by atoms with van der Waals surface area (Å²) in [4.78, 5) is 0. The summed E-state index contributed by atoms with van der Waals surface area (Å²) in [7, 11) is 0. The van der Waals surface area contributed by atoms with E-state index in [1.807, 2.05) is 6.92 Å². The Morgan fingerprint density at radius 2 is 2.28 bits per heavy atom. The number of hydrogen-bond donors (Lipinski definition) is 1. The van der Waals surface area contributed by atoms with Crippen molar-refractivity contribution in [3.63, 3.8) is 0 Å². The smallest absolute Gasteiger partial charge is 0.129 e. The SMILES string of the molecule is CCNC(Cc1ccc(F)cc1F)C1CCCO1. The molecule has 1 N–H and O–H groups in total. The molecule has 2 unspecified atom stereocenters. The molecule has 0 aromatic heterocycles. The average molecular weight is 255 g/mol. The zero-order valence-corrected chi connectivity index (χ0v) is 10.6. The number of ether oxygens (including phenoxy) is 1. The Morgan fingerprint density at radius 1 is 1.44 bits per heavy atom. The maximum atomic E-state index is 13.6. The molecule has 1 saturated heterocycles. The van der Waals surface area contributed by atoms with E-state index >= 15 is 0 Å². The standard InChI is InChI=1S/C14H19F2NO/c1-2-17-13(14-4-3-7-18-14)8-10-5-6-11(15)9-12(10)16/h5-6,9,13-14,17H,2-4,7-8H2,1H3. The molecule has 1 aromatic carbocycles. The second-order valence-electron chi connectivity index (χ2n) is 4.66. The summed E-state index contributed by atoms with van der Waals surface area (Å²) in [5, 5.41) is 3.33. The van der Waals surface area contributed by atoms with E-state index in [-0.39, 0.29) is 12.1 Å². The van der Waals surface area contributed by atoms with Crippen molar-refractivity contribution < 1.29 is 13.5 Å². The lowest BCUT2D eigenvalue weighted by Gasteiger charge is -2.24. The van der Waals surface area contributed by atoms with Gasteiger partial charge in [0, 0.05) is 18.7 Å². The highest BCUT2D eigenvalue weighted by molar-refractivity contribution is 5.20. The number of halogens is 2. The van der Waals surface area contributed by atoms with Gasteiger partial charge in [0.2, 0.25) is 0 Å². The van der Waals surface area contributed by atoms with Gasteiger partial charge < -0.3 is 10.1 Å². The van der Waals surface area contributed by atoms with Crippen molar-refractivity contribution in [3.05, 3.63) is 35.4 Å². The predicted molar refractivity (Wildman–Crippen MR) is 66.5 cm³/mol. The lowest BCUT2D eigenvalue weighted by Crippen LogP contribution is -2.41. The molecule has 4 heteroatoms. The number of benzene rings is 1. The highest BCUT2D eigenvalue weighted by Gasteiger charge is 2.26. The first-order valence-corrected chi connectivity index (χ1v) is 6.49. The van der Waals surface area contributed by atoms with Crippen LogP contribution in [-0.4, -0.2) is 25.3 Å². The van der Waals surface area contributed by atoms with Crippen molar-refractivity contribution in [1.82, 2.24) is 5.32 Å². The number of nitrogens with one attached hydrogen (secondary N) is 1. The number of rotatable bonds is 5. The van der Waals surface area contributed by atoms with Crippen LogP contribution >= 0.6 is 0 Å². The van der Waals surface area contributed by atoms with Crippen molar-refractivity contribution in [2.24, 2.45) is 0 Å². The fourth-order valence-electron chi connectivity index (χ4n) is 2.44. The van der Waals surface area contributed by atoms with Crippen molar-refractivity contribution in [2.75, 3.05) is 13.2 Å². The van der Waals surface area contributed by atoms with Crippen molar-refractivity contribution in [1.29, 1.82) is 0 Å². The molecule has 2 rings (SSSR count). The Morgan fingerprint density at radius 3 is 2.89 bits per heavy atom. The van der Waals surface area contributed by atoms with Gasteiger partial charge in [0.15, 0.2) is 0 Å². The maximum absolute atomic E-state index is 13.6. The van der Waals surface area contributed by atoms with Crippen molar-refractivity contribution >= 4 is 0 Å². The monoisotopic (exact) mass is 255 g/mol. The lowest BCUT2D eigenvalue weighted by atomic mass is 9.99. The fourth-order valence-corrected chi connectivity index (χ4v) is 2.44. The van der Waals surface area contributed by atoms with Crippen molar-refractivity contribution in [2.45, 2.75) is 38.3 Å². The van der Waals surface area contributed by atoms with Crippen LogP contribution in [0.2, 0.25) is 0 Å². The number of hydrogen-bond acceptors (Lipinski definition) is 2. The Bertz CT molecular complexity index is 391. The van der Waals surface area contributed by atoms with Crippen molar-refractivity contribution in [3.8, 4) is 0 Å². The van der Waals surface area contributed by atoms with E-state index in [1.165, 1.54) is 12.1 Å². The van der Waals surface area contributed by atoms with E-state index < -0.39 is 11.6 Å². The van der Waals surface area contributed by atoms with Crippen LogP contribution in [0, 0.1) is 11.6 Å². The zero-order chi connectivity index (χ0) is 13.0. The third-order valence-electron chi connectivity index (χ3n) is 3.33. The molecule has 1 aromatic rings. The molecule has 2 nitrogen and oxygen atoms in total. The van der Waals surface area contributed by atoms with Gasteiger partial charge in [-0.25, -0.2) is 8.78 Å². The molecule has 0 radical (unpaired) electrons. The molecule has 18 heavy (non-hydrogen) atoms. The van der Waals surface area contributed by atoms with E-state index in [4.69, 9.17) is 4.74 Å². The van der Waals surface area contributed by atoms with Crippen LogP contribution in [0.15, 0.2) is 18.2 Å². The molecule has 0 saturated carbocycles. The summed E-state index contributed by atoms with van der Waals surface area (Å²) < 4.78 is 32.1. The first-order valence-electron chi connectivity index (χ1n) is 6.49. The van der Waals surface area contributed by atoms with Gasteiger partial charge in [-0.2, -0.15) is 0 Å². The number of likely N-dealkylation sites (N-methyl/N-ethyl adjacent to an activating group) is 1. The summed E-state index contributed by atoms with van der Waals surface area (Å²) in [5.74, 6) is -1.01. The quantitative estimate of drug-likeness (QED) is 0.873. The van der Waals surface area contributed by atoms with Gasteiger partial charge in [-0.15, -0.1) is 0 Å². The summed E-state index contributed by atoms with van der Waals surface area (Å²) in [6.07, 6.45) is 2.72. The minimum Gasteiger partial charge on any atom is -0.377 e. The van der Waals surface area contributed by atoms with Crippen LogP contribution in [0.4, 0.5) is 8.78 Å². The first-order chi connectivity index (χ1) is 8.70. The molecule has 0 bridgehead atoms. The molecule has 1 aliphatic rings. The molecule has 100 valence electrons. The molecule has 2 atom stereocenters. The van der Waals surface area contributed by atoms with E-state index in [0.29, 0.717) is 12.0 Å². The van der Waals surface area contributed by atoms with E-state index in [2.05, 4.69) is 5.32 Å². The van der Waals surface area contributed by atoms with Crippen LogP contribution in [0.5, 0.6) is 0 Å². The fraction of sp³-hybridized carbons (Fsp3) is 0.571. The Kier molecular flexibility index (Phi) is 4.66. The summed E-state index contributed by atoms with van der Waals surface area (Å²) in [5.41, 5.74) is 0.540. The first kappa shape index (κ1) is 13.4. The average Bonchev–Trinajstić information content (AvgIpc) is 2.85. The van der Waals surface area contributed by atoms with Gasteiger partial charge in [0.05, 0.1) is 6.10 Å². The minimum absolute atomic E-state index is 0.0949. The third kappa shape index (κ3) is 3.27. The molecular weight excluding hydrogens is 236 g/mol. The lowest BCUT2D eigenvalue weighted by molar-refractivity contribution is 0.0786. The largest absolute Gasteiger partial charge is 0.377 e. The minimum atomic E-state index is -0.534. The van der Waals surface area contributed by atoms with Gasteiger partial charge in [0.25, 0.3) is 0 Å². The molecule has 0 aliphatic carbocycles. The Hall–Kier alpha value is -1.00. The zero-order valence-electron chi connectivity index (χ0n) is 10.6. The normalized spacial score (nSPS) is 21.2. The second-order valence-corrected chi connectivity index (χ2v) is 4.66. The predicted octanol–water partition coefficient (Wildman–Crippen LogP) is 2.66. The molecule has 1 aliphatic heterocycles. The summed E-state index contributed by atoms with van der Waals surface area (Å²) in [6.45, 7) is 3.61. The summed E-state index contributed by atoms with van der Waals surface area (Å²) >= 11 is 0. The van der Waals surface area contributed by atoms with Crippen LogP contribution in [0.25, 0.3) is 0 Å². The Balaban J connectivity index is 2.07. The second kappa shape index (κ2) is 6.25. The van der Waals surface area contributed by atoms with Gasteiger partial charge in [0.1, 0.15) is 11.6 Å². The van der Waals surface area contributed by atoms with E-state index in [9.17, 15) is 8.78 Å². The molecule has 1 fully saturated rings. The van der Waals surface area contributed by atoms with Gasteiger partial charge in [-0.05, 0) is 37.4 Å². The van der Waals surface area contributed by atoms with Gasteiger partial charge >= 0.3 is 0 Å². The van der Waals surface area contributed by atoms with Crippen LogP contribution < -0.4 is 5.32 Å². The van der Waals surface area contributed by atoms with Crippen LogP contribution in [0.3, 0.4) is 0 Å². The molecule has 1 heterocycles. The highest BCUT2D eigenvalue weighted by Crippen LogP contribution is 2.20. The Labute approximate surface area is 106 Å². The van der Waals surface area contributed by atoms with Crippen LogP contribution in [-0.2, 0) is 11.2 Å². The molecule has 0 spiro atoms. The van der Waals surface area contributed by atoms with Gasteiger partial charge in [-0.1, -0.05) is 13.0 Å². The van der Waals surface area contributed by atoms with Gasteiger partial charge in [-0.3, -0.25) is 0 Å². The molecular formula is C14H19F2NO. The maximum Gasteiger partial charge on any atom is 0.129 e. The topological polar surface area (TPSA) is 21.3 Å². The highest BCUT2D eigenvalue weighted by atomic mass is 19.1. The van der Waals surface area contributed by atoms with Crippen LogP contribution in [0.1, 0.15) is 25.3 Å².